The molecule has 132 valence electrons. The van der Waals surface area contributed by atoms with Gasteiger partial charge >= 0.3 is 5.69 Å². The minimum absolute atomic E-state index is 0.0615. The Morgan fingerprint density at radius 3 is 2.73 bits per heavy atom. The lowest BCUT2D eigenvalue weighted by Gasteiger charge is -2.09. The predicted octanol–water partition coefficient (Wildman–Crippen LogP) is 2.54. The first-order valence-electron chi connectivity index (χ1n) is 7.44. The number of amides is 1. The van der Waals surface area contributed by atoms with Gasteiger partial charge in [-0.15, -0.1) is 0 Å². The second-order valence-corrected chi connectivity index (χ2v) is 6.14. The number of carbonyl (C=O) groups excluding carboxylic acids is 1. The molecule has 0 aliphatic heterocycles. The van der Waals surface area contributed by atoms with E-state index in [0.717, 1.165) is 10.8 Å². The Labute approximate surface area is 157 Å². The largest absolute Gasteiger partial charge is 0.328 e. The van der Waals surface area contributed by atoms with Gasteiger partial charge < -0.3 is 10.3 Å². The molecule has 3 rings (SSSR count). The van der Waals surface area contributed by atoms with Gasteiger partial charge in [-0.3, -0.25) is 19.1 Å². The van der Waals surface area contributed by atoms with E-state index >= 15 is 0 Å². The fourth-order valence-corrected chi connectivity index (χ4v) is 2.59. The van der Waals surface area contributed by atoms with Gasteiger partial charge in [0.2, 0.25) is 0 Å². The van der Waals surface area contributed by atoms with Crippen molar-refractivity contribution in [3.05, 3.63) is 90.9 Å². The van der Waals surface area contributed by atoms with Crippen LogP contribution in [0.25, 0.3) is 0 Å². The molecule has 0 atom stereocenters. The van der Waals surface area contributed by atoms with E-state index in [1.54, 1.807) is 30.5 Å². The summed E-state index contributed by atoms with van der Waals surface area (Å²) in [6.45, 7) is -0.0615. The summed E-state index contributed by atoms with van der Waals surface area (Å²) in [5, 5.41) is 3.15. The highest BCUT2D eigenvalue weighted by Crippen LogP contribution is 2.25. The first-order chi connectivity index (χ1) is 12.5. The van der Waals surface area contributed by atoms with Crippen LogP contribution < -0.4 is 16.6 Å². The number of hydrogen-bond acceptors (Lipinski definition) is 4. The molecule has 1 amide bonds. The Morgan fingerprint density at radius 2 is 2.00 bits per heavy atom. The van der Waals surface area contributed by atoms with Crippen LogP contribution in [0.2, 0.25) is 10.0 Å². The van der Waals surface area contributed by atoms with Gasteiger partial charge in [0, 0.05) is 17.4 Å². The molecule has 0 fully saturated rings. The van der Waals surface area contributed by atoms with Crippen LogP contribution in [0.1, 0.15) is 16.1 Å². The van der Waals surface area contributed by atoms with Crippen LogP contribution >= 0.6 is 23.2 Å². The zero-order valence-electron chi connectivity index (χ0n) is 13.2. The van der Waals surface area contributed by atoms with Crippen molar-refractivity contribution in [1.29, 1.82) is 0 Å². The van der Waals surface area contributed by atoms with Crippen molar-refractivity contribution in [1.82, 2.24) is 14.5 Å². The Balaban J connectivity index is 1.94. The Kier molecular flexibility index (Phi) is 5.20. The van der Waals surface area contributed by atoms with Gasteiger partial charge in [0.25, 0.3) is 11.5 Å². The number of anilines is 1. The molecular formula is C17H12Cl2N4O3. The zero-order valence-corrected chi connectivity index (χ0v) is 14.7. The van der Waals surface area contributed by atoms with E-state index in [1.165, 1.54) is 12.1 Å². The first kappa shape index (κ1) is 17.9. The summed E-state index contributed by atoms with van der Waals surface area (Å²) in [5.74, 6) is -0.717. The maximum absolute atomic E-state index is 12.6. The fraction of sp³-hybridized carbons (Fsp3) is 0.0588. The number of aromatic nitrogens is 3. The third-order valence-electron chi connectivity index (χ3n) is 3.53. The van der Waals surface area contributed by atoms with Crippen LogP contribution in [0.3, 0.4) is 0 Å². The van der Waals surface area contributed by atoms with Crippen molar-refractivity contribution in [2.75, 3.05) is 5.32 Å². The first-order valence-corrected chi connectivity index (χ1v) is 8.20. The lowest BCUT2D eigenvalue weighted by molar-refractivity contribution is 0.102. The van der Waals surface area contributed by atoms with Gasteiger partial charge in [0.05, 0.1) is 22.9 Å². The highest BCUT2D eigenvalue weighted by molar-refractivity contribution is 6.35. The predicted molar refractivity (Wildman–Crippen MR) is 99.1 cm³/mol. The molecule has 2 heterocycles. The van der Waals surface area contributed by atoms with Gasteiger partial charge in [0.15, 0.2) is 0 Å². The maximum Gasteiger partial charge on any atom is 0.328 e. The maximum atomic E-state index is 12.6. The molecule has 0 aliphatic rings. The summed E-state index contributed by atoms with van der Waals surface area (Å²) in [7, 11) is 0. The zero-order chi connectivity index (χ0) is 18.7. The van der Waals surface area contributed by atoms with Crippen molar-refractivity contribution in [2.24, 2.45) is 0 Å². The molecule has 7 nitrogen and oxygen atoms in total. The van der Waals surface area contributed by atoms with Gasteiger partial charge in [-0.05, 0) is 30.3 Å². The SMILES string of the molecule is O=C(Nc1cc(Cl)ccc1Cl)c1c[nH]c(=O)n(Cc2ccccn2)c1=O. The molecule has 0 spiro atoms. The average molecular weight is 391 g/mol. The van der Waals surface area contributed by atoms with E-state index < -0.39 is 17.2 Å². The van der Waals surface area contributed by atoms with Crippen LogP contribution in [0.5, 0.6) is 0 Å². The number of benzene rings is 1. The normalized spacial score (nSPS) is 10.5. The number of pyridine rings is 1. The number of halogens is 2. The summed E-state index contributed by atoms with van der Waals surface area (Å²) in [6.07, 6.45) is 2.61. The third kappa shape index (κ3) is 3.84. The van der Waals surface area contributed by atoms with Gasteiger partial charge in [-0.2, -0.15) is 0 Å². The van der Waals surface area contributed by atoms with E-state index in [4.69, 9.17) is 23.2 Å². The number of H-pyrrole nitrogens is 1. The van der Waals surface area contributed by atoms with Crippen LogP contribution in [0.15, 0.2) is 58.4 Å². The molecule has 0 aliphatic carbocycles. The molecule has 2 aromatic heterocycles. The van der Waals surface area contributed by atoms with Crippen molar-refractivity contribution in [2.45, 2.75) is 6.54 Å². The molecule has 1 aromatic carbocycles. The quantitative estimate of drug-likeness (QED) is 0.714. The Morgan fingerprint density at radius 1 is 1.19 bits per heavy atom. The summed E-state index contributed by atoms with van der Waals surface area (Å²) in [6, 6.07) is 9.67. The monoisotopic (exact) mass is 390 g/mol. The number of carbonyl (C=O) groups is 1. The van der Waals surface area contributed by atoms with E-state index in [1.807, 2.05) is 0 Å². The number of nitrogens with zero attached hydrogens (tertiary/aromatic N) is 2. The number of aromatic amines is 1. The van der Waals surface area contributed by atoms with Crippen LogP contribution in [0.4, 0.5) is 5.69 Å². The van der Waals surface area contributed by atoms with Gasteiger partial charge in [0.1, 0.15) is 5.56 Å². The Bertz CT molecular complexity index is 1080. The van der Waals surface area contributed by atoms with E-state index in [-0.39, 0.29) is 22.8 Å². The van der Waals surface area contributed by atoms with Crippen molar-refractivity contribution < 1.29 is 4.79 Å². The second-order valence-electron chi connectivity index (χ2n) is 5.30. The van der Waals surface area contributed by atoms with Crippen LogP contribution in [0, 0.1) is 0 Å². The summed E-state index contributed by atoms with van der Waals surface area (Å²) in [4.78, 5) is 43.5. The minimum Gasteiger partial charge on any atom is -0.320 e. The van der Waals surface area contributed by atoms with Crippen molar-refractivity contribution >= 4 is 34.8 Å². The molecule has 0 saturated heterocycles. The lowest BCUT2D eigenvalue weighted by atomic mass is 10.2. The topological polar surface area (TPSA) is 96.8 Å². The van der Waals surface area contributed by atoms with Crippen LogP contribution in [-0.4, -0.2) is 20.4 Å². The molecule has 0 bridgehead atoms. The molecule has 3 aromatic rings. The van der Waals surface area contributed by atoms with Crippen LogP contribution in [-0.2, 0) is 6.54 Å². The summed E-state index contributed by atoms with van der Waals surface area (Å²) >= 11 is 11.9. The highest BCUT2D eigenvalue weighted by Gasteiger charge is 2.16. The number of nitrogens with one attached hydrogen (secondary N) is 2. The fourth-order valence-electron chi connectivity index (χ4n) is 2.25. The molecular weight excluding hydrogens is 379 g/mol. The smallest absolute Gasteiger partial charge is 0.320 e. The average Bonchev–Trinajstić information content (AvgIpc) is 2.62. The van der Waals surface area contributed by atoms with Crippen molar-refractivity contribution in [3.63, 3.8) is 0 Å². The number of rotatable bonds is 4. The van der Waals surface area contributed by atoms with Gasteiger partial charge in [-0.25, -0.2) is 4.79 Å². The molecule has 9 heteroatoms. The summed E-state index contributed by atoms with van der Waals surface area (Å²) < 4.78 is 0.900. The van der Waals surface area contributed by atoms with Gasteiger partial charge in [-0.1, -0.05) is 29.3 Å². The molecule has 26 heavy (non-hydrogen) atoms. The highest BCUT2D eigenvalue weighted by atomic mass is 35.5. The standard InChI is InChI=1S/C17H12Cl2N4O3/c18-10-4-5-13(19)14(7-10)22-15(24)12-8-21-17(26)23(16(12)25)9-11-3-1-2-6-20-11/h1-8H,9H2,(H,21,26)(H,22,24). The van der Waals surface area contributed by atoms with E-state index in [2.05, 4.69) is 15.3 Å². The molecule has 2 N–H and O–H groups in total. The molecule has 0 unspecified atom stereocenters. The molecule has 0 saturated carbocycles. The second kappa shape index (κ2) is 7.55. The van der Waals surface area contributed by atoms with Crippen molar-refractivity contribution in [3.8, 4) is 0 Å². The minimum atomic E-state index is -0.741. The number of hydrogen-bond donors (Lipinski definition) is 2. The lowest BCUT2D eigenvalue weighted by Crippen LogP contribution is -2.39. The third-order valence-corrected chi connectivity index (χ3v) is 4.09. The molecule has 0 radical (unpaired) electrons. The Hall–Kier alpha value is -2.90. The summed E-state index contributed by atoms with van der Waals surface area (Å²) in [5.41, 5.74) is -0.855. The van der Waals surface area contributed by atoms with E-state index in [9.17, 15) is 14.4 Å². The van der Waals surface area contributed by atoms with E-state index in [0.29, 0.717) is 10.7 Å².